The molecule has 0 aromatic rings. The normalized spacial score (nSPS) is 23.8. The monoisotopic (exact) mass is 284 g/mol. The maximum Gasteiger partial charge on any atom is 0.330 e. The predicted molar refractivity (Wildman–Crippen MR) is 77.1 cm³/mol. The Morgan fingerprint density at radius 2 is 1.75 bits per heavy atom. The molecule has 2 aliphatic rings. The molecule has 0 aliphatic carbocycles. The minimum Gasteiger partial charge on any atom is -0.379 e. The zero-order valence-electron chi connectivity index (χ0n) is 13.1. The summed E-state index contributed by atoms with van der Waals surface area (Å²) in [6, 6.07) is 0. The van der Waals surface area contributed by atoms with Gasteiger partial charge in [0.15, 0.2) is 0 Å². The topological polar surface area (TPSA) is 42.0 Å². The minimum absolute atomic E-state index is 0.135. The van der Waals surface area contributed by atoms with Crippen LogP contribution in [0.2, 0.25) is 0 Å². The molecule has 0 amide bonds. The quantitative estimate of drug-likeness (QED) is 0.786. The third-order valence-corrected chi connectivity index (χ3v) is 4.02. The van der Waals surface area contributed by atoms with Crippen molar-refractivity contribution < 1.29 is 14.4 Å². The molecule has 0 bridgehead atoms. The highest BCUT2D eigenvalue weighted by molar-refractivity contribution is 5.75. The lowest BCUT2D eigenvalue weighted by atomic mass is 9.96. The fourth-order valence-corrected chi connectivity index (χ4v) is 2.59. The van der Waals surface area contributed by atoms with Crippen LogP contribution in [0.25, 0.3) is 0 Å². The zero-order chi connectivity index (χ0) is 14.6. The number of carbonyl (C=O) groups excluding carboxylic acids is 1. The lowest BCUT2D eigenvalue weighted by Gasteiger charge is -2.35. The van der Waals surface area contributed by atoms with Crippen LogP contribution in [0.4, 0.5) is 0 Å². The number of morpholine rings is 1. The van der Waals surface area contributed by atoms with Gasteiger partial charge in [-0.3, -0.25) is 4.90 Å². The lowest BCUT2D eigenvalue weighted by Crippen LogP contribution is -2.44. The van der Waals surface area contributed by atoms with E-state index in [-0.39, 0.29) is 5.97 Å². The molecule has 0 saturated carbocycles. The summed E-state index contributed by atoms with van der Waals surface area (Å²) in [6.07, 6.45) is 2.21. The first kappa shape index (κ1) is 15.7. The van der Waals surface area contributed by atoms with Crippen molar-refractivity contribution in [3.8, 4) is 0 Å². The molecule has 5 heteroatoms. The molecule has 0 aromatic heterocycles. The molecule has 116 valence electrons. The molecule has 5 nitrogen and oxygen atoms in total. The van der Waals surface area contributed by atoms with Crippen molar-refractivity contribution in [3.63, 3.8) is 0 Å². The number of piperidine rings is 1. The number of ether oxygens (including phenoxy) is 1. The first-order valence-electron chi connectivity index (χ1n) is 7.72. The second-order valence-corrected chi connectivity index (χ2v) is 6.91. The Hall–Kier alpha value is -0.650. The maximum atomic E-state index is 11.8. The predicted octanol–water partition coefficient (Wildman–Crippen LogP) is 1.53. The second-order valence-electron chi connectivity index (χ2n) is 6.91. The van der Waals surface area contributed by atoms with Gasteiger partial charge >= 0.3 is 5.97 Å². The van der Waals surface area contributed by atoms with Gasteiger partial charge in [-0.1, -0.05) is 0 Å². The van der Waals surface area contributed by atoms with Crippen molar-refractivity contribution in [2.45, 2.75) is 33.6 Å². The van der Waals surface area contributed by atoms with Gasteiger partial charge in [0.2, 0.25) is 0 Å². The molecule has 2 rings (SSSR count). The van der Waals surface area contributed by atoms with Crippen LogP contribution in [0.3, 0.4) is 0 Å². The van der Waals surface area contributed by atoms with E-state index in [1.807, 2.05) is 25.8 Å². The molecular formula is C15H28N2O3. The van der Waals surface area contributed by atoms with E-state index in [0.29, 0.717) is 0 Å². The van der Waals surface area contributed by atoms with Crippen LogP contribution >= 0.6 is 0 Å². The van der Waals surface area contributed by atoms with Gasteiger partial charge < -0.3 is 9.57 Å². The van der Waals surface area contributed by atoms with E-state index in [9.17, 15) is 4.79 Å². The first-order chi connectivity index (χ1) is 9.45. The molecule has 0 aromatic carbocycles. The molecule has 2 saturated heterocycles. The molecule has 2 fully saturated rings. The summed E-state index contributed by atoms with van der Waals surface area (Å²) in [5, 5.41) is 1.84. The number of carbonyl (C=O) groups is 1. The molecule has 0 N–H and O–H groups in total. The third kappa shape index (κ3) is 4.72. The average molecular weight is 284 g/mol. The minimum atomic E-state index is -0.426. The fourth-order valence-electron chi connectivity index (χ4n) is 2.59. The number of nitrogens with zero attached hydrogens (tertiary/aromatic N) is 2. The van der Waals surface area contributed by atoms with Crippen molar-refractivity contribution in [2.75, 3.05) is 45.9 Å². The Labute approximate surface area is 122 Å². The number of rotatable bonds is 3. The number of hydrogen-bond acceptors (Lipinski definition) is 5. The smallest absolute Gasteiger partial charge is 0.330 e. The third-order valence-electron chi connectivity index (χ3n) is 4.02. The zero-order valence-corrected chi connectivity index (χ0v) is 13.1. The average Bonchev–Trinajstić information content (AvgIpc) is 2.41. The van der Waals surface area contributed by atoms with Crippen LogP contribution in [-0.2, 0) is 14.4 Å². The Balaban J connectivity index is 1.68. The molecule has 2 heterocycles. The summed E-state index contributed by atoms with van der Waals surface area (Å²) < 4.78 is 5.37. The van der Waals surface area contributed by atoms with E-state index in [1.165, 1.54) is 0 Å². The highest BCUT2D eigenvalue weighted by Crippen LogP contribution is 2.22. The maximum absolute atomic E-state index is 11.8. The van der Waals surface area contributed by atoms with Crippen molar-refractivity contribution in [3.05, 3.63) is 0 Å². The molecule has 0 radical (unpaired) electrons. The van der Waals surface area contributed by atoms with E-state index >= 15 is 0 Å². The van der Waals surface area contributed by atoms with E-state index in [4.69, 9.17) is 9.57 Å². The van der Waals surface area contributed by atoms with Gasteiger partial charge in [0.1, 0.15) is 0 Å². The van der Waals surface area contributed by atoms with Crippen LogP contribution in [0.1, 0.15) is 33.6 Å². The van der Waals surface area contributed by atoms with Crippen LogP contribution in [0, 0.1) is 11.3 Å². The summed E-state index contributed by atoms with van der Waals surface area (Å²) in [4.78, 5) is 19.8. The first-order valence-corrected chi connectivity index (χ1v) is 7.72. The Kier molecular flexibility index (Phi) is 5.41. The van der Waals surface area contributed by atoms with Gasteiger partial charge in [0.05, 0.1) is 18.6 Å². The summed E-state index contributed by atoms with van der Waals surface area (Å²) in [5.41, 5.74) is -0.426. The Morgan fingerprint density at radius 3 is 2.30 bits per heavy atom. The summed E-state index contributed by atoms with van der Waals surface area (Å²) in [7, 11) is 0. The van der Waals surface area contributed by atoms with Crippen LogP contribution in [-0.4, -0.2) is 61.9 Å². The molecule has 0 spiro atoms. The van der Waals surface area contributed by atoms with E-state index < -0.39 is 5.41 Å². The number of hydroxylamine groups is 2. The Morgan fingerprint density at radius 1 is 1.15 bits per heavy atom. The van der Waals surface area contributed by atoms with Gasteiger partial charge in [-0.2, -0.15) is 0 Å². The molecular weight excluding hydrogens is 256 g/mol. The fraction of sp³-hybridized carbons (Fsp3) is 0.933. The van der Waals surface area contributed by atoms with E-state index in [0.717, 1.165) is 64.7 Å². The van der Waals surface area contributed by atoms with Crippen molar-refractivity contribution in [2.24, 2.45) is 11.3 Å². The molecule has 0 atom stereocenters. The number of hydrogen-bond donors (Lipinski definition) is 0. The van der Waals surface area contributed by atoms with Gasteiger partial charge in [-0.25, -0.2) is 4.79 Å². The molecule has 20 heavy (non-hydrogen) atoms. The van der Waals surface area contributed by atoms with E-state index in [2.05, 4.69) is 4.90 Å². The van der Waals surface area contributed by atoms with Gasteiger partial charge in [-0.05, 0) is 39.5 Å². The lowest BCUT2D eigenvalue weighted by molar-refractivity contribution is -0.206. The standard InChI is InChI=1S/C15H28N2O3/c1-15(2,3)14(18)20-17-6-4-13(5-7-17)12-16-8-10-19-11-9-16/h13H,4-12H2,1-3H3. The van der Waals surface area contributed by atoms with Crippen molar-refractivity contribution in [1.29, 1.82) is 0 Å². The summed E-state index contributed by atoms with van der Waals surface area (Å²) >= 11 is 0. The van der Waals surface area contributed by atoms with Crippen molar-refractivity contribution in [1.82, 2.24) is 9.96 Å². The van der Waals surface area contributed by atoms with Crippen LogP contribution in [0.15, 0.2) is 0 Å². The SMILES string of the molecule is CC(C)(C)C(=O)ON1CCC(CN2CCOCC2)CC1. The Bertz CT molecular complexity index is 314. The molecule has 0 unspecified atom stereocenters. The van der Waals surface area contributed by atoms with E-state index in [1.54, 1.807) is 0 Å². The largest absolute Gasteiger partial charge is 0.379 e. The van der Waals surface area contributed by atoms with Crippen molar-refractivity contribution >= 4 is 5.97 Å². The highest BCUT2D eigenvalue weighted by Gasteiger charge is 2.29. The highest BCUT2D eigenvalue weighted by atomic mass is 16.7. The van der Waals surface area contributed by atoms with Crippen LogP contribution < -0.4 is 0 Å². The summed E-state index contributed by atoms with van der Waals surface area (Å²) in [6.45, 7) is 12.4. The summed E-state index contributed by atoms with van der Waals surface area (Å²) in [5.74, 6) is 0.585. The van der Waals surface area contributed by atoms with Gasteiger partial charge in [-0.15, -0.1) is 5.06 Å². The molecule has 2 aliphatic heterocycles. The van der Waals surface area contributed by atoms with Crippen LogP contribution in [0.5, 0.6) is 0 Å². The van der Waals surface area contributed by atoms with Gasteiger partial charge in [0.25, 0.3) is 0 Å². The van der Waals surface area contributed by atoms with Gasteiger partial charge in [0, 0.05) is 32.7 Å². The second kappa shape index (κ2) is 6.87.